The lowest BCUT2D eigenvalue weighted by Gasteiger charge is -2.19. The monoisotopic (exact) mass is 198 g/mol. The Labute approximate surface area is 74.5 Å². The van der Waals surface area contributed by atoms with Gasteiger partial charge >= 0.3 is 0 Å². The van der Waals surface area contributed by atoms with Crippen molar-refractivity contribution in [3.05, 3.63) is 0 Å². The summed E-state index contributed by atoms with van der Waals surface area (Å²) in [5, 5.41) is 49.5. The van der Waals surface area contributed by atoms with Crippen LogP contribution < -0.4 is 0 Å². The molecule has 80 valence electrons. The lowest BCUT2D eigenvalue weighted by Crippen LogP contribution is -2.41. The van der Waals surface area contributed by atoms with Gasteiger partial charge in [0.05, 0.1) is 13.2 Å². The zero-order valence-electron chi connectivity index (χ0n) is 6.82. The minimum atomic E-state index is -1.49. The summed E-state index contributed by atoms with van der Waals surface area (Å²) < 4.78 is 0. The van der Waals surface area contributed by atoms with Gasteiger partial charge < -0.3 is 30.6 Å². The van der Waals surface area contributed by atoms with E-state index in [4.69, 9.17) is 35.4 Å². The molecule has 0 rings (SSSR count). The van der Waals surface area contributed by atoms with Gasteiger partial charge in [-0.3, -0.25) is 4.79 Å². The molecule has 0 aliphatic carbocycles. The maximum atomic E-state index is 8.77. The van der Waals surface area contributed by atoms with E-state index in [2.05, 4.69) is 0 Å². The van der Waals surface area contributed by atoms with Gasteiger partial charge in [-0.2, -0.15) is 0 Å². The number of carbonyl (C=O) groups is 1. The van der Waals surface area contributed by atoms with E-state index in [1.54, 1.807) is 0 Å². The first-order valence-electron chi connectivity index (χ1n) is 3.38. The van der Waals surface area contributed by atoms with Crippen LogP contribution in [0.4, 0.5) is 0 Å². The molecule has 0 aliphatic heterocycles. The fourth-order valence-corrected chi connectivity index (χ4v) is 0.472. The van der Waals surface area contributed by atoms with E-state index < -0.39 is 31.5 Å². The zero-order valence-corrected chi connectivity index (χ0v) is 6.82. The summed E-state index contributed by atoms with van der Waals surface area (Å²) >= 11 is 0. The highest BCUT2D eigenvalue weighted by atomic mass is 16.4. The second-order valence-corrected chi connectivity index (χ2v) is 2.10. The first kappa shape index (κ1) is 14.8. The van der Waals surface area contributed by atoms with E-state index in [9.17, 15) is 0 Å². The van der Waals surface area contributed by atoms with Crippen LogP contribution in [0.5, 0.6) is 0 Å². The molecule has 7 nitrogen and oxygen atoms in total. The Morgan fingerprint density at radius 3 is 1.38 bits per heavy atom. The standard InChI is InChI=1S/C5H12O5.CH2O2/c6-1-3(8)5(10)4(9)2-7;2-1-3/h3-10H,1-2H2;1H,(H,2,3). The molecule has 0 fully saturated rings. The van der Waals surface area contributed by atoms with Gasteiger partial charge in [-0.15, -0.1) is 0 Å². The quantitative estimate of drug-likeness (QED) is 0.261. The van der Waals surface area contributed by atoms with Gasteiger partial charge in [0.2, 0.25) is 0 Å². The average Bonchev–Trinajstić information content (AvgIpc) is 2.15. The van der Waals surface area contributed by atoms with E-state index in [1.165, 1.54) is 0 Å². The molecule has 2 atom stereocenters. The lowest BCUT2D eigenvalue weighted by molar-refractivity contribution is -0.122. The molecule has 0 aromatic heterocycles. The summed E-state index contributed by atoms with van der Waals surface area (Å²) in [6, 6.07) is 0. The summed E-state index contributed by atoms with van der Waals surface area (Å²) in [6.45, 7) is -1.53. The molecule has 13 heavy (non-hydrogen) atoms. The van der Waals surface area contributed by atoms with E-state index in [-0.39, 0.29) is 6.47 Å². The first-order valence-corrected chi connectivity index (χ1v) is 3.38. The number of aliphatic hydroxyl groups is 5. The van der Waals surface area contributed by atoms with E-state index >= 15 is 0 Å². The number of carboxylic acid groups (broad SMARTS) is 1. The van der Waals surface area contributed by atoms with Gasteiger partial charge in [0.25, 0.3) is 6.47 Å². The highest BCUT2D eigenvalue weighted by molar-refractivity contribution is 5.32. The molecule has 0 radical (unpaired) electrons. The Kier molecular flexibility index (Phi) is 10.6. The zero-order chi connectivity index (χ0) is 10.9. The largest absolute Gasteiger partial charge is 0.483 e. The Morgan fingerprint density at radius 1 is 1.00 bits per heavy atom. The van der Waals surface area contributed by atoms with Crippen molar-refractivity contribution in [1.82, 2.24) is 0 Å². The first-order chi connectivity index (χ1) is 6.04. The number of aliphatic hydroxyl groups excluding tert-OH is 5. The van der Waals surface area contributed by atoms with E-state index in [0.29, 0.717) is 0 Å². The molecule has 0 heterocycles. The summed E-state index contributed by atoms with van der Waals surface area (Å²) in [5.74, 6) is 0. The number of rotatable bonds is 4. The van der Waals surface area contributed by atoms with Crippen molar-refractivity contribution in [1.29, 1.82) is 0 Å². The number of hydrogen-bond acceptors (Lipinski definition) is 6. The smallest absolute Gasteiger partial charge is 0.290 e. The molecule has 0 spiro atoms. The molecule has 0 aromatic rings. The van der Waals surface area contributed by atoms with Crippen LogP contribution in [0.15, 0.2) is 0 Å². The Balaban J connectivity index is 0. The van der Waals surface area contributed by atoms with Crippen molar-refractivity contribution in [3.8, 4) is 0 Å². The summed E-state index contributed by atoms with van der Waals surface area (Å²) in [7, 11) is 0. The maximum absolute atomic E-state index is 8.77. The molecule has 6 N–H and O–H groups in total. The highest BCUT2D eigenvalue weighted by Crippen LogP contribution is 1.97. The predicted octanol–water partition coefficient (Wildman–Crippen LogP) is -3.25. The number of hydrogen-bond donors (Lipinski definition) is 6. The molecule has 0 saturated heterocycles. The third-order valence-electron chi connectivity index (χ3n) is 1.16. The van der Waals surface area contributed by atoms with Crippen LogP contribution in [0, 0.1) is 0 Å². The molecule has 0 aromatic carbocycles. The van der Waals surface area contributed by atoms with Crippen molar-refractivity contribution in [2.75, 3.05) is 13.2 Å². The Hall–Kier alpha value is -0.730. The summed E-state index contributed by atoms with van der Waals surface area (Å²) in [4.78, 5) is 8.36. The van der Waals surface area contributed by atoms with Crippen LogP contribution in [0.25, 0.3) is 0 Å². The second-order valence-electron chi connectivity index (χ2n) is 2.10. The van der Waals surface area contributed by atoms with Gasteiger partial charge in [0, 0.05) is 0 Å². The molecule has 0 aliphatic rings. The van der Waals surface area contributed by atoms with Crippen molar-refractivity contribution in [2.24, 2.45) is 0 Å². The van der Waals surface area contributed by atoms with Crippen LogP contribution in [-0.2, 0) is 4.79 Å². The second kappa shape index (κ2) is 9.36. The van der Waals surface area contributed by atoms with Crippen LogP contribution in [0.1, 0.15) is 0 Å². The van der Waals surface area contributed by atoms with Gasteiger partial charge in [-0.1, -0.05) is 0 Å². The van der Waals surface area contributed by atoms with Crippen LogP contribution >= 0.6 is 0 Å². The van der Waals surface area contributed by atoms with Gasteiger partial charge in [0.1, 0.15) is 18.3 Å². The molecule has 7 heteroatoms. The van der Waals surface area contributed by atoms with Crippen molar-refractivity contribution in [2.45, 2.75) is 18.3 Å². The van der Waals surface area contributed by atoms with Crippen LogP contribution in [-0.4, -0.2) is 68.6 Å². The van der Waals surface area contributed by atoms with Crippen molar-refractivity contribution < 1.29 is 35.4 Å². The lowest BCUT2D eigenvalue weighted by atomic mass is 10.1. The van der Waals surface area contributed by atoms with E-state index in [0.717, 1.165) is 0 Å². The van der Waals surface area contributed by atoms with Gasteiger partial charge in [-0.25, -0.2) is 0 Å². The molecule has 0 saturated carbocycles. The average molecular weight is 198 g/mol. The summed E-state index contributed by atoms with van der Waals surface area (Å²) in [5.41, 5.74) is 0. The van der Waals surface area contributed by atoms with Crippen LogP contribution in [0.3, 0.4) is 0 Å². The third-order valence-corrected chi connectivity index (χ3v) is 1.16. The fourth-order valence-electron chi connectivity index (χ4n) is 0.472. The fraction of sp³-hybridized carbons (Fsp3) is 0.833. The minimum absolute atomic E-state index is 0.250. The van der Waals surface area contributed by atoms with Crippen molar-refractivity contribution >= 4 is 6.47 Å². The molecule has 0 amide bonds. The van der Waals surface area contributed by atoms with E-state index in [1.807, 2.05) is 0 Å². The Bertz CT molecular complexity index is 108. The van der Waals surface area contributed by atoms with Gasteiger partial charge in [0.15, 0.2) is 0 Å². The highest BCUT2D eigenvalue weighted by Gasteiger charge is 2.22. The van der Waals surface area contributed by atoms with Gasteiger partial charge in [-0.05, 0) is 0 Å². The SMILES string of the molecule is O=CO.OCC(O)C(O)C(O)CO. The maximum Gasteiger partial charge on any atom is 0.290 e. The normalized spacial score (nSPS) is 16.4. The molecule has 0 bridgehead atoms. The third kappa shape index (κ3) is 7.62. The Morgan fingerprint density at radius 2 is 1.23 bits per heavy atom. The molecular weight excluding hydrogens is 184 g/mol. The molecule has 2 unspecified atom stereocenters. The molecular formula is C6H14O7. The summed E-state index contributed by atoms with van der Waals surface area (Å²) in [6.07, 6.45) is -4.29. The topological polar surface area (TPSA) is 138 Å². The minimum Gasteiger partial charge on any atom is -0.483 e. The van der Waals surface area contributed by atoms with Crippen molar-refractivity contribution in [3.63, 3.8) is 0 Å². The van der Waals surface area contributed by atoms with Crippen LogP contribution in [0.2, 0.25) is 0 Å². The predicted molar refractivity (Wildman–Crippen MR) is 40.9 cm³/mol.